The molecule has 2 aromatic carbocycles. The number of hydrogen-bond donors (Lipinski definition) is 1. The first-order chi connectivity index (χ1) is 21.5. The molecule has 2 aromatic rings. The highest BCUT2D eigenvalue weighted by atomic mass is 16.6. The number of cyclic esters (lactones) is 1. The first-order valence-electron chi connectivity index (χ1n) is 14.7. The Bertz CT molecular complexity index is 1530. The molecule has 0 radical (unpaired) electrons. The van der Waals surface area contributed by atoms with Gasteiger partial charge in [-0.15, -0.1) is 0 Å². The van der Waals surface area contributed by atoms with Crippen LogP contribution in [0.1, 0.15) is 61.5 Å². The lowest BCUT2D eigenvalue weighted by Crippen LogP contribution is -2.36. The molecule has 2 aliphatic rings. The quantitative estimate of drug-likeness (QED) is 0.197. The van der Waals surface area contributed by atoms with E-state index in [4.69, 9.17) is 33.2 Å². The molecule has 4 rings (SSSR count). The highest BCUT2D eigenvalue weighted by molar-refractivity contribution is 6.26. The fraction of sp³-hybridized carbons (Fsp3) is 0.441. The van der Waals surface area contributed by atoms with E-state index in [1.807, 2.05) is 0 Å². The summed E-state index contributed by atoms with van der Waals surface area (Å²) in [6, 6.07) is 7.35. The molecule has 0 bridgehead atoms. The van der Waals surface area contributed by atoms with E-state index in [1.165, 1.54) is 52.7 Å². The number of carbonyl (C=O) groups excluding carboxylic acids is 3. The van der Waals surface area contributed by atoms with E-state index in [-0.39, 0.29) is 63.0 Å². The minimum Gasteiger partial charge on any atom is -0.504 e. The molecule has 45 heavy (non-hydrogen) atoms. The standard InChI is InChI=1S/C34H40O11/c1-17(2)20-11-9-18(3)13-24(20)44-32(36)22-16-27(42-7)26(41-6)15-21(22)29-30(35)31(45-34(29)38)28(33(37)43-8)19-10-12-23(39-4)25(14-19)40-5/h10,12,14-18,20,24,35H,9,11,13H2,1-8H3/b31-28+/t18-,20+,24-/m1/s1. The van der Waals surface area contributed by atoms with E-state index in [0.717, 1.165) is 20.0 Å². The van der Waals surface area contributed by atoms with Crippen molar-refractivity contribution in [1.82, 2.24) is 0 Å². The largest absolute Gasteiger partial charge is 0.504 e. The van der Waals surface area contributed by atoms with Gasteiger partial charge in [0.1, 0.15) is 17.3 Å². The van der Waals surface area contributed by atoms with Crippen molar-refractivity contribution in [2.45, 2.75) is 46.1 Å². The number of carbonyl (C=O) groups is 3. The van der Waals surface area contributed by atoms with Gasteiger partial charge in [-0.1, -0.05) is 33.3 Å². The summed E-state index contributed by atoms with van der Waals surface area (Å²) in [6.07, 6.45) is 2.33. The van der Waals surface area contributed by atoms with Crippen LogP contribution in [0.15, 0.2) is 41.9 Å². The zero-order chi connectivity index (χ0) is 33.0. The zero-order valence-electron chi connectivity index (χ0n) is 26.8. The van der Waals surface area contributed by atoms with Gasteiger partial charge in [0.2, 0.25) is 0 Å². The van der Waals surface area contributed by atoms with Crippen LogP contribution in [0.3, 0.4) is 0 Å². The smallest absolute Gasteiger partial charge is 0.348 e. The van der Waals surface area contributed by atoms with Crippen molar-refractivity contribution in [2.75, 3.05) is 35.5 Å². The van der Waals surface area contributed by atoms with Crippen LogP contribution in [-0.2, 0) is 23.8 Å². The maximum atomic E-state index is 13.9. The third-order valence-electron chi connectivity index (χ3n) is 8.37. The summed E-state index contributed by atoms with van der Waals surface area (Å²) >= 11 is 0. The van der Waals surface area contributed by atoms with Gasteiger partial charge in [-0.05, 0) is 60.4 Å². The molecule has 1 saturated carbocycles. The second-order valence-electron chi connectivity index (χ2n) is 11.4. The van der Waals surface area contributed by atoms with Crippen LogP contribution in [0.5, 0.6) is 23.0 Å². The van der Waals surface area contributed by atoms with Gasteiger partial charge in [-0.3, -0.25) is 0 Å². The fourth-order valence-electron chi connectivity index (χ4n) is 5.95. The molecule has 0 aromatic heterocycles. The van der Waals surface area contributed by atoms with Gasteiger partial charge in [-0.2, -0.15) is 0 Å². The number of aliphatic hydroxyl groups is 1. The number of ether oxygens (including phenoxy) is 7. The second kappa shape index (κ2) is 14.0. The number of methoxy groups -OCH3 is 5. The third kappa shape index (κ3) is 6.57. The van der Waals surface area contributed by atoms with Gasteiger partial charge >= 0.3 is 17.9 Å². The van der Waals surface area contributed by atoms with Crippen molar-refractivity contribution in [2.24, 2.45) is 17.8 Å². The Morgan fingerprint density at radius 2 is 1.51 bits per heavy atom. The molecule has 11 nitrogen and oxygen atoms in total. The van der Waals surface area contributed by atoms with E-state index in [0.29, 0.717) is 18.1 Å². The molecule has 0 spiro atoms. The van der Waals surface area contributed by atoms with E-state index in [2.05, 4.69) is 20.8 Å². The minimum absolute atomic E-state index is 0.0170. The number of aliphatic hydroxyl groups excluding tert-OH is 1. The predicted octanol–water partition coefficient (Wildman–Crippen LogP) is 5.75. The van der Waals surface area contributed by atoms with Gasteiger partial charge in [-0.25, -0.2) is 14.4 Å². The lowest BCUT2D eigenvalue weighted by molar-refractivity contribution is -0.134. The molecule has 1 aliphatic heterocycles. The van der Waals surface area contributed by atoms with Crippen molar-refractivity contribution in [1.29, 1.82) is 0 Å². The van der Waals surface area contributed by atoms with E-state index in [1.54, 1.807) is 6.07 Å². The number of benzene rings is 2. The molecule has 1 heterocycles. The number of rotatable bonds is 10. The molecule has 0 unspecified atom stereocenters. The Hall–Kier alpha value is -4.67. The monoisotopic (exact) mass is 624 g/mol. The van der Waals surface area contributed by atoms with Crippen molar-refractivity contribution >= 4 is 29.1 Å². The molecular formula is C34H40O11. The first kappa shape index (κ1) is 33.2. The number of hydrogen-bond acceptors (Lipinski definition) is 11. The lowest BCUT2D eigenvalue weighted by Gasteiger charge is -2.36. The van der Waals surface area contributed by atoms with E-state index in [9.17, 15) is 19.5 Å². The van der Waals surface area contributed by atoms with Crippen LogP contribution in [0.25, 0.3) is 11.1 Å². The van der Waals surface area contributed by atoms with Crippen LogP contribution in [0.4, 0.5) is 0 Å². The SMILES string of the molecule is COC(=O)/C(=C1/OC(=O)C(c2cc(OC)c(OC)cc2C(=O)O[C@@H]2C[C@H](C)CC[C@H]2C(C)C)=C1O)c1ccc(OC)c(OC)c1. The van der Waals surface area contributed by atoms with Crippen LogP contribution in [0, 0.1) is 17.8 Å². The van der Waals surface area contributed by atoms with Gasteiger partial charge in [0.25, 0.3) is 0 Å². The van der Waals surface area contributed by atoms with Gasteiger partial charge in [0.15, 0.2) is 34.5 Å². The van der Waals surface area contributed by atoms with Crippen molar-refractivity contribution in [3.05, 3.63) is 58.5 Å². The van der Waals surface area contributed by atoms with Crippen LogP contribution in [-0.4, -0.2) is 64.7 Å². The van der Waals surface area contributed by atoms with Crippen LogP contribution in [0.2, 0.25) is 0 Å². The Balaban J connectivity index is 1.90. The Morgan fingerprint density at radius 3 is 2.11 bits per heavy atom. The van der Waals surface area contributed by atoms with Crippen LogP contribution >= 0.6 is 0 Å². The van der Waals surface area contributed by atoms with E-state index >= 15 is 0 Å². The molecule has 3 atom stereocenters. The second-order valence-corrected chi connectivity index (χ2v) is 11.4. The summed E-state index contributed by atoms with van der Waals surface area (Å²) < 4.78 is 38.1. The maximum Gasteiger partial charge on any atom is 0.348 e. The summed E-state index contributed by atoms with van der Waals surface area (Å²) in [7, 11) is 6.85. The van der Waals surface area contributed by atoms with Crippen LogP contribution < -0.4 is 18.9 Å². The molecular weight excluding hydrogens is 584 g/mol. The van der Waals surface area contributed by atoms with Gasteiger partial charge in [0.05, 0.1) is 41.1 Å². The van der Waals surface area contributed by atoms with Crippen molar-refractivity contribution in [3.63, 3.8) is 0 Å². The fourth-order valence-corrected chi connectivity index (χ4v) is 5.95. The normalized spacial score (nSPS) is 20.8. The van der Waals surface area contributed by atoms with E-state index < -0.39 is 29.4 Å². The molecule has 1 N–H and O–H groups in total. The lowest BCUT2D eigenvalue weighted by atomic mass is 9.75. The third-order valence-corrected chi connectivity index (χ3v) is 8.37. The average molecular weight is 625 g/mol. The zero-order valence-corrected chi connectivity index (χ0v) is 26.8. The Labute approximate surface area is 262 Å². The summed E-state index contributed by atoms with van der Waals surface area (Å²) in [5, 5.41) is 11.5. The van der Waals surface area contributed by atoms with Crippen molar-refractivity contribution in [3.8, 4) is 23.0 Å². The highest BCUT2D eigenvalue weighted by Crippen LogP contribution is 2.43. The first-order valence-corrected chi connectivity index (χ1v) is 14.7. The summed E-state index contributed by atoms with van der Waals surface area (Å²) in [5.74, 6) is -1.82. The van der Waals surface area contributed by atoms with Crippen molar-refractivity contribution < 1.29 is 52.6 Å². The summed E-state index contributed by atoms with van der Waals surface area (Å²) in [6.45, 7) is 6.33. The topological polar surface area (TPSA) is 136 Å². The molecule has 0 saturated heterocycles. The van der Waals surface area contributed by atoms with Gasteiger partial charge < -0.3 is 38.3 Å². The molecule has 1 fully saturated rings. The maximum absolute atomic E-state index is 13.9. The summed E-state index contributed by atoms with van der Waals surface area (Å²) in [5.41, 5.74) is -0.458. The van der Waals surface area contributed by atoms with Gasteiger partial charge in [0, 0.05) is 5.56 Å². The highest BCUT2D eigenvalue weighted by Gasteiger charge is 2.40. The molecule has 1 aliphatic carbocycles. The summed E-state index contributed by atoms with van der Waals surface area (Å²) in [4.78, 5) is 40.4. The molecule has 11 heteroatoms. The average Bonchev–Trinajstić information content (AvgIpc) is 3.32. The Morgan fingerprint density at radius 1 is 0.889 bits per heavy atom. The molecule has 0 amide bonds. The number of esters is 3. The Kier molecular flexibility index (Phi) is 10.3. The predicted molar refractivity (Wildman–Crippen MR) is 164 cm³/mol. The molecule has 242 valence electrons. The minimum atomic E-state index is -1.00.